The number of hydrogen-bond donors (Lipinski definition) is 1. The lowest BCUT2D eigenvalue weighted by molar-refractivity contribution is -0.123. The molecule has 0 bridgehead atoms. The van der Waals surface area contributed by atoms with Crippen molar-refractivity contribution in [2.75, 3.05) is 18.0 Å². The largest absolute Gasteiger partial charge is 0.347 e. The molecule has 0 aliphatic carbocycles. The lowest BCUT2D eigenvalue weighted by Gasteiger charge is -2.19. The number of pyridine rings is 1. The van der Waals surface area contributed by atoms with Gasteiger partial charge in [0.1, 0.15) is 0 Å². The predicted molar refractivity (Wildman–Crippen MR) is 59.0 cm³/mol. The fourth-order valence-electron chi connectivity index (χ4n) is 1.66. The molecule has 0 radical (unpaired) electrons. The number of aromatic nitrogens is 1. The Bertz CT molecular complexity index is 431. The first-order chi connectivity index (χ1) is 7.66. The van der Waals surface area contributed by atoms with Gasteiger partial charge >= 0.3 is 0 Å². The highest BCUT2D eigenvalue weighted by Gasteiger charge is 2.21. The Labute approximate surface area is 93.5 Å². The molecule has 0 unspecified atom stereocenters. The smallest absolute Gasteiger partial charge is 0.246 e. The van der Waals surface area contributed by atoms with Gasteiger partial charge in [-0.15, -0.1) is 0 Å². The number of nitrogens with zero attached hydrogens (tertiary/aromatic N) is 2. The van der Waals surface area contributed by atoms with Gasteiger partial charge in [0.25, 0.3) is 0 Å². The molecule has 1 N–H and O–H groups in total. The molecule has 1 fully saturated rings. The molecular formula is C11H13N3O2. The van der Waals surface area contributed by atoms with Gasteiger partial charge < -0.3 is 10.2 Å². The lowest BCUT2D eigenvalue weighted by atomic mass is 10.2. The van der Waals surface area contributed by atoms with Crippen LogP contribution in [0.5, 0.6) is 0 Å². The van der Waals surface area contributed by atoms with E-state index in [0.717, 1.165) is 11.3 Å². The average molecular weight is 219 g/mol. The zero-order valence-electron chi connectivity index (χ0n) is 9.06. The molecule has 1 aliphatic heterocycles. The van der Waals surface area contributed by atoms with Crippen LogP contribution in [0.15, 0.2) is 18.5 Å². The molecule has 1 aromatic heterocycles. The van der Waals surface area contributed by atoms with E-state index in [4.69, 9.17) is 0 Å². The van der Waals surface area contributed by atoms with E-state index in [-0.39, 0.29) is 18.4 Å². The molecule has 1 saturated heterocycles. The topological polar surface area (TPSA) is 62.3 Å². The van der Waals surface area contributed by atoms with Gasteiger partial charge in [-0.2, -0.15) is 0 Å². The normalized spacial score (nSPS) is 16.9. The molecule has 1 aliphatic rings. The lowest BCUT2D eigenvalue weighted by Crippen LogP contribution is -2.35. The van der Waals surface area contributed by atoms with E-state index in [0.29, 0.717) is 13.0 Å². The first-order valence-electron chi connectivity index (χ1n) is 5.15. The van der Waals surface area contributed by atoms with E-state index in [9.17, 15) is 9.59 Å². The summed E-state index contributed by atoms with van der Waals surface area (Å²) < 4.78 is 0. The summed E-state index contributed by atoms with van der Waals surface area (Å²) in [6.07, 6.45) is 3.70. The SMILES string of the molecule is Cc1cncc(N2CCC(=O)NCC2=O)c1. The second-order valence-corrected chi connectivity index (χ2v) is 3.79. The number of carbonyl (C=O) groups is 2. The Morgan fingerprint density at radius 1 is 1.38 bits per heavy atom. The van der Waals surface area contributed by atoms with Crippen molar-refractivity contribution in [3.63, 3.8) is 0 Å². The number of carbonyl (C=O) groups excluding carboxylic acids is 2. The number of aryl methyl sites for hydroxylation is 1. The van der Waals surface area contributed by atoms with Crippen LogP contribution in [0.4, 0.5) is 5.69 Å². The second kappa shape index (κ2) is 4.30. The zero-order valence-corrected chi connectivity index (χ0v) is 9.06. The van der Waals surface area contributed by atoms with E-state index >= 15 is 0 Å². The quantitative estimate of drug-likeness (QED) is 0.736. The summed E-state index contributed by atoms with van der Waals surface area (Å²) in [5.74, 6) is -0.185. The van der Waals surface area contributed by atoms with Crippen LogP contribution in [0.2, 0.25) is 0 Å². The van der Waals surface area contributed by atoms with Gasteiger partial charge in [0, 0.05) is 19.2 Å². The summed E-state index contributed by atoms with van der Waals surface area (Å²) in [6, 6.07) is 1.89. The minimum absolute atomic E-state index is 0.0623. The Morgan fingerprint density at radius 3 is 2.94 bits per heavy atom. The molecule has 1 aromatic rings. The molecule has 84 valence electrons. The third kappa shape index (κ3) is 2.18. The summed E-state index contributed by atoms with van der Waals surface area (Å²) in [5.41, 5.74) is 1.75. The van der Waals surface area contributed by atoms with Gasteiger partial charge in [-0.1, -0.05) is 0 Å². The number of amides is 2. The molecule has 16 heavy (non-hydrogen) atoms. The van der Waals surface area contributed by atoms with Crippen molar-refractivity contribution in [2.24, 2.45) is 0 Å². The zero-order chi connectivity index (χ0) is 11.5. The average Bonchev–Trinajstić information content (AvgIpc) is 2.42. The molecule has 0 saturated carbocycles. The molecule has 5 nitrogen and oxygen atoms in total. The van der Waals surface area contributed by atoms with Gasteiger partial charge in [-0.05, 0) is 18.6 Å². The van der Waals surface area contributed by atoms with Crippen LogP contribution in [0.3, 0.4) is 0 Å². The van der Waals surface area contributed by atoms with Crippen LogP contribution < -0.4 is 10.2 Å². The highest BCUT2D eigenvalue weighted by atomic mass is 16.2. The summed E-state index contributed by atoms with van der Waals surface area (Å²) >= 11 is 0. The van der Waals surface area contributed by atoms with Crippen LogP contribution in [-0.4, -0.2) is 29.9 Å². The van der Waals surface area contributed by atoms with E-state index in [1.165, 1.54) is 0 Å². The Balaban J connectivity index is 2.25. The summed E-state index contributed by atoms with van der Waals surface area (Å²) in [5, 5.41) is 2.56. The van der Waals surface area contributed by atoms with E-state index in [1.54, 1.807) is 17.3 Å². The van der Waals surface area contributed by atoms with E-state index in [1.807, 2.05) is 13.0 Å². The first-order valence-corrected chi connectivity index (χ1v) is 5.15. The maximum absolute atomic E-state index is 11.8. The molecule has 0 aromatic carbocycles. The fraction of sp³-hybridized carbons (Fsp3) is 0.364. The number of rotatable bonds is 1. The summed E-state index contributed by atoms with van der Waals surface area (Å²) in [6.45, 7) is 2.39. The highest BCUT2D eigenvalue weighted by Crippen LogP contribution is 2.15. The summed E-state index contributed by atoms with van der Waals surface area (Å²) in [7, 11) is 0. The van der Waals surface area contributed by atoms with Gasteiger partial charge in [0.15, 0.2) is 0 Å². The van der Waals surface area contributed by atoms with Crippen molar-refractivity contribution in [1.29, 1.82) is 0 Å². The molecule has 0 atom stereocenters. The number of hydrogen-bond acceptors (Lipinski definition) is 3. The third-order valence-electron chi connectivity index (χ3n) is 2.47. The highest BCUT2D eigenvalue weighted by molar-refractivity contribution is 5.98. The Kier molecular flexibility index (Phi) is 2.85. The minimum atomic E-state index is -0.0988. The predicted octanol–water partition coefficient (Wildman–Crippen LogP) is 0.243. The molecule has 2 rings (SSSR count). The van der Waals surface area contributed by atoms with Crippen molar-refractivity contribution >= 4 is 17.5 Å². The first kappa shape index (κ1) is 10.6. The van der Waals surface area contributed by atoms with Gasteiger partial charge in [0.2, 0.25) is 11.8 Å². The minimum Gasteiger partial charge on any atom is -0.347 e. The standard InChI is InChI=1S/C11H13N3O2/c1-8-4-9(6-12-5-8)14-3-2-10(15)13-7-11(14)16/h4-6H,2-3,7H2,1H3,(H,13,15). The van der Waals surface area contributed by atoms with Crippen LogP contribution in [-0.2, 0) is 9.59 Å². The van der Waals surface area contributed by atoms with Crippen molar-refractivity contribution < 1.29 is 9.59 Å². The van der Waals surface area contributed by atoms with Crippen molar-refractivity contribution in [3.8, 4) is 0 Å². The van der Waals surface area contributed by atoms with Crippen LogP contribution in [0.25, 0.3) is 0 Å². The third-order valence-corrected chi connectivity index (χ3v) is 2.47. The van der Waals surface area contributed by atoms with Gasteiger partial charge in [-0.3, -0.25) is 14.6 Å². The van der Waals surface area contributed by atoms with Gasteiger partial charge in [-0.25, -0.2) is 0 Å². The van der Waals surface area contributed by atoms with Crippen LogP contribution in [0.1, 0.15) is 12.0 Å². The molecule has 2 amide bonds. The summed E-state index contributed by atoms with van der Waals surface area (Å²) in [4.78, 5) is 28.6. The van der Waals surface area contributed by atoms with E-state index < -0.39 is 0 Å². The van der Waals surface area contributed by atoms with E-state index in [2.05, 4.69) is 10.3 Å². The molecule has 0 spiro atoms. The Morgan fingerprint density at radius 2 is 2.19 bits per heavy atom. The molecule has 5 heteroatoms. The van der Waals surface area contributed by atoms with Crippen molar-refractivity contribution in [2.45, 2.75) is 13.3 Å². The maximum Gasteiger partial charge on any atom is 0.246 e. The second-order valence-electron chi connectivity index (χ2n) is 3.79. The number of anilines is 1. The van der Waals surface area contributed by atoms with Crippen molar-refractivity contribution in [3.05, 3.63) is 24.0 Å². The van der Waals surface area contributed by atoms with Crippen molar-refractivity contribution in [1.82, 2.24) is 10.3 Å². The van der Waals surface area contributed by atoms with Gasteiger partial charge in [0.05, 0.1) is 18.4 Å². The Hall–Kier alpha value is -1.91. The van der Waals surface area contributed by atoms with Crippen LogP contribution in [0, 0.1) is 6.92 Å². The fourth-order valence-corrected chi connectivity index (χ4v) is 1.66. The van der Waals surface area contributed by atoms with Crippen LogP contribution >= 0.6 is 0 Å². The maximum atomic E-state index is 11.8. The number of nitrogens with one attached hydrogen (secondary N) is 1. The molecular weight excluding hydrogens is 206 g/mol. The monoisotopic (exact) mass is 219 g/mol. The molecule has 2 heterocycles.